The predicted molar refractivity (Wildman–Crippen MR) is 61.9 cm³/mol. The van der Waals surface area contributed by atoms with E-state index in [-0.39, 0.29) is 17.4 Å². The van der Waals surface area contributed by atoms with Crippen LogP contribution in [-0.2, 0) is 4.79 Å². The number of hydrogen-bond donors (Lipinski definition) is 2. The van der Waals surface area contributed by atoms with E-state index in [1.165, 1.54) is 6.07 Å². The van der Waals surface area contributed by atoms with E-state index in [0.717, 1.165) is 4.90 Å². The maximum absolute atomic E-state index is 11.6. The number of anilines is 1. The molecular formula is C11H11NO3S. The molecule has 0 aromatic heterocycles. The van der Waals surface area contributed by atoms with Crippen molar-refractivity contribution in [3.63, 3.8) is 0 Å². The van der Waals surface area contributed by atoms with E-state index in [2.05, 4.69) is 5.32 Å². The highest BCUT2D eigenvalue weighted by Crippen LogP contribution is 2.33. The molecule has 0 saturated heterocycles. The average molecular weight is 237 g/mol. The first kappa shape index (κ1) is 11.0. The molecule has 1 aromatic carbocycles. The number of hydrogen-bond acceptors (Lipinski definition) is 3. The number of aromatic carboxylic acids is 1. The Kier molecular flexibility index (Phi) is 2.87. The first-order valence-electron chi connectivity index (χ1n) is 4.89. The van der Waals surface area contributed by atoms with Crippen molar-refractivity contribution in [3.8, 4) is 0 Å². The van der Waals surface area contributed by atoms with Crippen molar-refractivity contribution in [1.82, 2.24) is 0 Å². The smallest absolute Gasteiger partial charge is 0.335 e. The van der Waals surface area contributed by atoms with Gasteiger partial charge in [0.1, 0.15) is 0 Å². The lowest BCUT2D eigenvalue weighted by Gasteiger charge is -2.07. The number of carbonyl (C=O) groups is 2. The molecule has 4 nitrogen and oxygen atoms in total. The summed E-state index contributed by atoms with van der Waals surface area (Å²) in [6.07, 6.45) is 0. The molecule has 0 fully saturated rings. The zero-order valence-corrected chi connectivity index (χ0v) is 9.50. The van der Waals surface area contributed by atoms with E-state index >= 15 is 0 Å². The van der Waals surface area contributed by atoms with Gasteiger partial charge in [-0.3, -0.25) is 4.79 Å². The van der Waals surface area contributed by atoms with Crippen molar-refractivity contribution in [2.24, 2.45) is 5.92 Å². The van der Waals surface area contributed by atoms with Crippen molar-refractivity contribution in [2.75, 3.05) is 11.1 Å². The first-order chi connectivity index (χ1) is 7.58. The lowest BCUT2D eigenvalue weighted by molar-refractivity contribution is -0.118. The largest absolute Gasteiger partial charge is 0.478 e. The normalized spacial score (nSPS) is 19.6. The third-order valence-corrected chi connectivity index (χ3v) is 3.75. The summed E-state index contributed by atoms with van der Waals surface area (Å²) >= 11 is 1.57. The van der Waals surface area contributed by atoms with Gasteiger partial charge in [-0.2, -0.15) is 0 Å². The van der Waals surface area contributed by atoms with Crippen LogP contribution in [0.25, 0.3) is 0 Å². The molecule has 0 saturated carbocycles. The number of nitrogens with one attached hydrogen (secondary N) is 1. The minimum absolute atomic E-state index is 0.0613. The number of amides is 1. The Morgan fingerprint density at radius 1 is 1.56 bits per heavy atom. The summed E-state index contributed by atoms with van der Waals surface area (Å²) in [6.45, 7) is 1.85. The van der Waals surface area contributed by atoms with Crippen LogP contribution < -0.4 is 5.32 Å². The Morgan fingerprint density at radius 2 is 2.31 bits per heavy atom. The fourth-order valence-electron chi connectivity index (χ4n) is 1.43. The van der Waals surface area contributed by atoms with Gasteiger partial charge in [0, 0.05) is 16.6 Å². The number of carboxylic acid groups (broad SMARTS) is 1. The molecule has 16 heavy (non-hydrogen) atoms. The van der Waals surface area contributed by atoms with Crippen LogP contribution in [0.5, 0.6) is 0 Å². The zero-order chi connectivity index (χ0) is 11.7. The van der Waals surface area contributed by atoms with Gasteiger partial charge < -0.3 is 10.4 Å². The Bertz CT molecular complexity index is 459. The van der Waals surface area contributed by atoms with Crippen molar-refractivity contribution >= 4 is 29.3 Å². The molecular weight excluding hydrogens is 226 g/mol. The minimum Gasteiger partial charge on any atom is -0.478 e. The van der Waals surface area contributed by atoms with Crippen molar-refractivity contribution in [2.45, 2.75) is 11.8 Å². The summed E-state index contributed by atoms with van der Waals surface area (Å²) in [4.78, 5) is 23.3. The molecule has 1 amide bonds. The minimum atomic E-state index is -0.987. The maximum atomic E-state index is 11.6. The fraction of sp³-hybridized carbons (Fsp3) is 0.273. The molecule has 1 atom stereocenters. The molecule has 2 rings (SSSR count). The van der Waals surface area contributed by atoms with E-state index in [1.807, 2.05) is 6.92 Å². The van der Waals surface area contributed by atoms with Crippen LogP contribution in [0, 0.1) is 5.92 Å². The molecule has 1 unspecified atom stereocenters. The van der Waals surface area contributed by atoms with Gasteiger partial charge in [-0.25, -0.2) is 4.79 Å². The molecule has 84 valence electrons. The summed E-state index contributed by atoms with van der Waals surface area (Å²) < 4.78 is 0. The van der Waals surface area contributed by atoms with Gasteiger partial charge in [0.05, 0.1) is 11.3 Å². The van der Waals surface area contributed by atoms with Crippen LogP contribution in [0.1, 0.15) is 17.3 Å². The third-order valence-electron chi connectivity index (χ3n) is 2.42. The summed E-state index contributed by atoms with van der Waals surface area (Å²) in [5, 5.41) is 11.6. The van der Waals surface area contributed by atoms with Gasteiger partial charge >= 0.3 is 5.97 Å². The third kappa shape index (κ3) is 2.04. The number of benzene rings is 1. The van der Waals surface area contributed by atoms with Gasteiger partial charge in [-0.15, -0.1) is 11.8 Å². The van der Waals surface area contributed by atoms with E-state index in [4.69, 9.17) is 5.11 Å². The zero-order valence-electron chi connectivity index (χ0n) is 8.69. The van der Waals surface area contributed by atoms with Crippen LogP contribution in [0.15, 0.2) is 23.1 Å². The predicted octanol–water partition coefficient (Wildman–Crippen LogP) is 2.07. The number of fused-ring (bicyclic) bond motifs is 1. The van der Waals surface area contributed by atoms with Crippen LogP contribution >= 0.6 is 11.8 Å². The monoisotopic (exact) mass is 237 g/mol. The van der Waals surface area contributed by atoms with Crippen molar-refractivity contribution < 1.29 is 14.7 Å². The Balaban J connectivity index is 2.39. The lowest BCUT2D eigenvalue weighted by Crippen LogP contribution is -2.20. The highest BCUT2D eigenvalue weighted by Gasteiger charge is 2.20. The summed E-state index contributed by atoms with van der Waals surface area (Å²) in [5.74, 6) is -0.399. The summed E-state index contributed by atoms with van der Waals surface area (Å²) in [6, 6.07) is 4.79. The topological polar surface area (TPSA) is 66.4 Å². The SMILES string of the molecule is CC1CSc2ccc(C(=O)O)cc2NC1=O. The van der Waals surface area contributed by atoms with Crippen LogP contribution in [0.4, 0.5) is 5.69 Å². The molecule has 0 spiro atoms. The number of carbonyl (C=O) groups excluding carboxylic acids is 1. The fourth-order valence-corrected chi connectivity index (χ4v) is 2.44. The second-order valence-corrected chi connectivity index (χ2v) is 4.78. The van der Waals surface area contributed by atoms with Crippen molar-refractivity contribution in [1.29, 1.82) is 0 Å². The number of carboxylic acids is 1. The lowest BCUT2D eigenvalue weighted by atomic mass is 10.1. The van der Waals surface area contributed by atoms with Gasteiger partial charge in [0.2, 0.25) is 5.91 Å². The highest BCUT2D eigenvalue weighted by atomic mass is 32.2. The Hall–Kier alpha value is -1.49. The number of thioether (sulfide) groups is 1. The molecule has 1 aromatic rings. The van der Waals surface area contributed by atoms with Crippen LogP contribution in [0.2, 0.25) is 0 Å². The van der Waals surface area contributed by atoms with E-state index in [1.54, 1.807) is 23.9 Å². The quantitative estimate of drug-likeness (QED) is 0.784. The van der Waals surface area contributed by atoms with E-state index < -0.39 is 5.97 Å². The Labute approximate surface area is 97.0 Å². The molecule has 5 heteroatoms. The molecule has 1 aliphatic heterocycles. The van der Waals surface area contributed by atoms with Crippen molar-refractivity contribution in [3.05, 3.63) is 23.8 Å². The first-order valence-corrected chi connectivity index (χ1v) is 5.87. The molecule has 1 aliphatic rings. The van der Waals surface area contributed by atoms with Crippen LogP contribution in [0.3, 0.4) is 0 Å². The maximum Gasteiger partial charge on any atom is 0.335 e. The molecule has 1 heterocycles. The van der Waals surface area contributed by atoms with Gasteiger partial charge in [-0.05, 0) is 18.2 Å². The van der Waals surface area contributed by atoms with Gasteiger partial charge in [-0.1, -0.05) is 6.92 Å². The van der Waals surface area contributed by atoms with Gasteiger partial charge in [0.25, 0.3) is 0 Å². The van der Waals surface area contributed by atoms with E-state index in [9.17, 15) is 9.59 Å². The highest BCUT2D eigenvalue weighted by molar-refractivity contribution is 7.99. The number of rotatable bonds is 1. The summed E-state index contributed by atoms with van der Waals surface area (Å²) in [5.41, 5.74) is 0.786. The second-order valence-electron chi connectivity index (χ2n) is 3.72. The Morgan fingerprint density at radius 3 is 3.00 bits per heavy atom. The molecule has 0 radical (unpaired) electrons. The summed E-state index contributed by atoms with van der Waals surface area (Å²) in [7, 11) is 0. The van der Waals surface area contributed by atoms with Crippen LogP contribution in [-0.4, -0.2) is 22.7 Å². The second kappa shape index (κ2) is 4.17. The van der Waals surface area contributed by atoms with E-state index in [0.29, 0.717) is 11.4 Å². The van der Waals surface area contributed by atoms with Gasteiger partial charge in [0.15, 0.2) is 0 Å². The standard InChI is InChI=1S/C11H11NO3S/c1-6-5-16-9-3-2-7(11(14)15)4-8(9)12-10(6)13/h2-4,6H,5H2,1H3,(H,12,13)(H,14,15). The molecule has 0 bridgehead atoms. The molecule has 2 N–H and O–H groups in total. The molecule has 0 aliphatic carbocycles. The average Bonchev–Trinajstić information content (AvgIpc) is 2.38.